The van der Waals surface area contributed by atoms with Gasteiger partial charge in [0.1, 0.15) is 0 Å². The van der Waals surface area contributed by atoms with E-state index in [1.807, 2.05) is 6.92 Å². The Labute approximate surface area is 100 Å². The molecule has 0 radical (unpaired) electrons. The molecule has 17 heavy (non-hydrogen) atoms. The number of hydrogen-bond acceptors (Lipinski definition) is 2. The molecule has 1 heterocycles. The van der Waals surface area contributed by atoms with Crippen molar-refractivity contribution >= 4 is 0 Å². The van der Waals surface area contributed by atoms with E-state index in [2.05, 4.69) is 4.90 Å². The Hall–Kier alpha value is -1.00. The fourth-order valence-corrected chi connectivity index (χ4v) is 2.29. The summed E-state index contributed by atoms with van der Waals surface area (Å²) in [5, 5.41) is 0. The van der Waals surface area contributed by atoms with Crippen LogP contribution in [0.25, 0.3) is 0 Å². The molecule has 0 aliphatic carbocycles. The zero-order valence-electron chi connectivity index (χ0n) is 10.00. The minimum Gasteiger partial charge on any atom is -0.328 e. The summed E-state index contributed by atoms with van der Waals surface area (Å²) < 4.78 is 26.0. The molecule has 0 aromatic heterocycles. The largest absolute Gasteiger partial charge is 0.328 e. The Morgan fingerprint density at radius 3 is 2.47 bits per heavy atom. The van der Waals surface area contributed by atoms with Crippen LogP contribution in [0.3, 0.4) is 0 Å². The van der Waals surface area contributed by atoms with Crippen molar-refractivity contribution in [1.29, 1.82) is 0 Å². The van der Waals surface area contributed by atoms with Crippen molar-refractivity contribution in [3.05, 3.63) is 35.4 Å². The Morgan fingerprint density at radius 2 is 1.88 bits per heavy atom. The minimum absolute atomic E-state index is 0.109. The van der Waals surface area contributed by atoms with E-state index < -0.39 is 11.6 Å². The fourth-order valence-electron chi connectivity index (χ4n) is 2.29. The lowest BCUT2D eigenvalue weighted by Crippen LogP contribution is -2.40. The lowest BCUT2D eigenvalue weighted by molar-refractivity contribution is 0.163. The highest BCUT2D eigenvalue weighted by atomic mass is 19.2. The number of rotatable bonds is 2. The summed E-state index contributed by atoms with van der Waals surface area (Å²) in [6.07, 6.45) is 1.93. The van der Waals surface area contributed by atoms with E-state index >= 15 is 0 Å². The average molecular weight is 240 g/mol. The molecular formula is C13H18F2N2. The highest BCUT2D eigenvalue weighted by Crippen LogP contribution is 2.24. The van der Waals surface area contributed by atoms with Gasteiger partial charge < -0.3 is 5.73 Å². The van der Waals surface area contributed by atoms with Gasteiger partial charge in [-0.1, -0.05) is 6.07 Å². The minimum atomic E-state index is -0.790. The summed E-state index contributed by atoms with van der Waals surface area (Å²) in [5.74, 6) is -1.57. The maximum Gasteiger partial charge on any atom is 0.159 e. The molecule has 1 aromatic carbocycles. The maximum atomic E-state index is 13.2. The van der Waals surface area contributed by atoms with Gasteiger partial charge in [0.15, 0.2) is 11.6 Å². The average Bonchev–Trinajstić information content (AvgIpc) is 2.33. The van der Waals surface area contributed by atoms with Crippen molar-refractivity contribution in [2.45, 2.75) is 31.8 Å². The summed E-state index contributed by atoms with van der Waals surface area (Å²) in [7, 11) is 0. The summed E-state index contributed by atoms with van der Waals surface area (Å²) in [5.41, 5.74) is 6.66. The number of nitrogens with zero attached hydrogens (tertiary/aromatic N) is 1. The molecule has 1 saturated heterocycles. The molecule has 2 N–H and O–H groups in total. The van der Waals surface area contributed by atoms with Crippen molar-refractivity contribution in [2.24, 2.45) is 5.73 Å². The first-order chi connectivity index (χ1) is 8.08. The zero-order valence-corrected chi connectivity index (χ0v) is 10.00. The summed E-state index contributed by atoms with van der Waals surface area (Å²) in [6, 6.07) is 4.52. The first-order valence-corrected chi connectivity index (χ1v) is 6.02. The molecule has 1 aliphatic heterocycles. The van der Waals surface area contributed by atoms with E-state index in [1.54, 1.807) is 6.07 Å². The summed E-state index contributed by atoms with van der Waals surface area (Å²) in [6.45, 7) is 3.85. The van der Waals surface area contributed by atoms with E-state index in [4.69, 9.17) is 5.73 Å². The van der Waals surface area contributed by atoms with Crippen LogP contribution in [0.2, 0.25) is 0 Å². The molecule has 0 bridgehead atoms. The Balaban J connectivity index is 2.08. The van der Waals surface area contributed by atoms with Gasteiger partial charge in [-0.3, -0.25) is 4.90 Å². The number of hydrogen-bond donors (Lipinski definition) is 1. The quantitative estimate of drug-likeness (QED) is 0.860. The standard InChI is InChI=1S/C13H18F2N2/c1-9(17-6-4-11(16)5-7-17)10-2-3-12(14)13(15)8-10/h2-3,8-9,11H,4-7,16H2,1H3. The summed E-state index contributed by atoms with van der Waals surface area (Å²) in [4.78, 5) is 2.26. The predicted molar refractivity (Wildman–Crippen MR) is 63.6 cm³/mol. The fraction of sp³-hybridized carbons (Fsp3) is 0.538. The van der Waals surface area contributed by atoms with Crippen LogP contribution >= 0.6 is 0 Å². The third-order valence-corrected chi connectivity index (χ3v) is 3.55. The first-order valence-electron chi connectivity index (χ1n) is 6.02. The van der Waals surface area contributed by atoms with Crippen LogP contribution in [0.1, 0.15) is 31.4 Å². The van der Waals surface area contributed by atoms with E-state index in [1.165, 1.54) is 12.1 Å². The van der Waals surface area contributed by atoms with Crippen molar-refractivity contribution in [2.75, 3.05) is 13.1 Å². The second-order valence-corrected chi connectivity index (χ2v) is 4.72. The van der Waals surface area contributed by atoms with Crippen molar-refractivity contribution < 1.29 is 8.78 Å². The molecular weight excluding hydrogens is 222 g/mol. The number of nitrogens with two attached hydrogens (primary N) is 1. The molecule has 0 amide bonds. The molecule has 4 heteroatoms. The lowest BCUT2D eigenvalue weighted by Gasteiger charge is -2.35. The molecule has 94 valence electrons. The van der Waals surface area contributed by atoms with Gasteiger partial charge in [-0.25, -0.2) is 8.78 Å². The van der Waals surface area contributed by atoms with Gasteiger partial charge in [-0.2, -0.15) is 0 Å². The second kappa shape index (κ2) is 5.10. The van der Waals surface area contributed by atoms with Crippen molar-refractivity contribution in [3.8, 4) is 0 Å². The second-order valence-electron chi connectivity index (χ2n) is 4.72. The monoisotopic (exact) mass is 240 g/mol. The van der Waals surface area contributed by atoms with E-state index in [9.17, 15) is 8.78 Å². The van der Waals surface area contributed by atoms with Gasteiger partial charge in [0.05, 0.1) is 0 Å². The topological polar surface area (TPSA) is 29.3 Å². The molecule has 1 aliphatic rings. The van der Waals surface area contributed by atoms with Crippen LogP contribution in [0.4, 0.5) is 8.78 Å². The predicted octanol–water partition coefficient (Wildman–Crippen LogP) is 2.45. The van der Waals surface area contributed by atoms with Gasteiger partial charge in [0, 0.05) is 25.2 Å². The Kier molecular flexibility index (Phi) is 3.74. The number of benzene rings is 1. The van der Waals surface area contributed by atoms with Crippen molar-refractivity contribution in [1.82, 2.24) is 4.90 Å². The number of halogens is 2. The first kappa shape index (κ1) is 12.5. The molecule has 1 fully saturated rings. The SMILES string of the molecule is CC(c1ccc(F)c(F)c1)N1CCC(N)CC1. The Morgan fingerprint density at radius 1 is 1.24 bits per heavy atom. The lowest BCUT2D eigenvalue weighted by atomic mass is 10.0. The summed E-state index contributed by atoms with van der Waals surface area (Å²) >= 11 is 0. The maximum absolute atomic E-state index is 13.2. The van der Waals surface area contributed by atoms with Gasteiger partial charge in [0.2, 0.25) is 0 Å². The molecule has 0 saturated carbocycles. The van der Waals surface area contributed by atoms with E-state index in [0.29, 0.717) is 0 Å². The Bertz CT molecular complexity index is 387. The van der Waals surface area contributed by atoms with Gasteiger partial charge >= 0.3 is 0 Å². The zero-order chi connectivity index (χ0) is 12.4. The van der Waals surface area contributed by atoms with Gasteiger partial charge in [-0.15, -0.1) is 0 Å². The molecule has 0 spiro atoms. The number of likely N-dealkylation sites (tertiary alicyclic amines) is 1. The van der Waals surface area contributed by atoms with Crippen LogP contribution < -0.4 is 5.73 Å². The van der Waals surface area contributed by atoms with Gasteiger partial charge in [-0.05, 0) is 37.5 Å². The van der Waals surface area contributed by atoms with E-state index in [-0.39, 0.29) is 12.1 Å². The van der Waals surface area contributed by atoms with Crippen molar-refractivity contribution in [3.63, 3.8) is 0 Å². The third-order valence-electron chi connectivity index (χ3n) is 3.55. The normalized spacial score (nSPS) is 20.5. The van der Waals surface area contributed by atoms with Gasteiger partial charge in [0.25, 0.3) is 0 Å². The highest BCUT2D eigenvalue weighted by Gasteiger charge is 2.22. The molecule has 2 nitrogen and oxygen atoms in total. The van der Waals surface area contributed by atoms with Crippen LogP contribution in [-0.4, -0.2) is 24.0 Å². The smallest absolute Gasteiger partial charge is 0.159 e. The van der Waals surface area contributed by atoms with Crippen LogP contribution in [-0.2, 0) is 0 Å². The molecule has 1 atom stereocenters. The van der Waals surface area contributed by atoms with Crippen LogP contribution in [0, 0.1) is 11.6 Å². The molecule has 1 aromatic rings. The van der Waals surface area contributed by atoms with E-state index in [0.717, 1.165) is 31.5 Å². The number of piperidine rings is 1. The highest BCUT2D eigenvalue weighted by molar-refractivity contribution is 5.21. The third kappa shape index (κ3) is 2.82. The molecule has 2 rings (SSSR count). The molecule has 1 unspecified atom stereocenters. The van der Waals surface area contributed by atoms with Crippen LogP contribution in [0.15, 0.2) is 18.2 Å². The van der Waals surface area contributed by atoms with Crippen LogP contribution in [0.5, 0.6) is 0 Å².